The summed E-state index contributed by atoms with van der Waals surface area (Å²) in [6.45, 7) is 7.79. The summed E-state index contributed by atoms with van der Waals surface area (Å²) in [7, 11) is 0. The van der Waals surface area contributed by atoms with E-state index in [4.69, 9.17) is 28.9 Å². The van der Waals surface area contributed by atoms with Gasteiger partial charge in [0.05, 0.1) is 21.9 Å². The van der Waals surface area contributed by atoms with Crippen molar-refractivity contribution in [3.05, 3.63) is 65.5 Å². The Labute approximate surface area is 277 Å². The van der Waals surface area contributed by atoms with Gasteiger partial charge in [-0.25, -0.2) is 8.78 Å². The van der Waals surface area contributed by atoms with Crippen molar-refractivity contribution in [3.63, 3.8) is 0 Å². The standard InChI is InChI=1S/C17H24ClFN4O.C12H14ClFN2O.CH3.Pd/c1-11(2)9-21-17(20)23-7-3-4-12(10-23)16(24)22-13-5-6-14(18)15(19)8-13;13-10-4-3-9(6-11(10)14)16-12(17)8-2-1-5-15-7-8;;/h5-6,8,11-12H,3-4,7,9-10H2,1-2H3,(H2,20,21)(H,22,24);3-4,6,8,15H,1-2,5,7H2,(H,16,17);1H3;/q;;-1;/t12-;8-;;/m00../s1. The van der Waals surface area contributed by atoms with Crippen molar-refractivity contribution in [3.8, 4) is 0 Å². The van der Waals surface area contributed by atoms with E-state index in [-0.39, 0.29) is 61.5 Å². The number of hydrogen-bond acceptors (Lipinski definition) is 4. The normalized spacial score (nSPS) is 18.4. The number of piperidine rings is 2. The van der Waals surface area contributed by atoms with Crippen molar-refractivity contribution < 1.29 is 38.8 Å². The first-order valence-corrected chi connectivity index (χ1v) is 14.6. The molecule has 0 unspecified atom stereocenters. The molecule has 5 N–H and O–H groups in total. The zero-order valence-electron chi connectivity index (χ0n) is 24.7. The summed E-state index contributed by atoms with van der Waals surface area (Å²) in [5.74, 6) is -0.605. The van der Waals surface area contributed by atoms with Crippen LogP contribution in [0.1, 0.15) is 39.5 Å². The second-order valence-electron chi connectivity index (χ2n) is 10.7. The molecule has 2 saturated heterocycles. The molecule has 2 amide bonds. The summed E-state index contributed by atoms with van der Waals surface area (Å²) in [5.41, 5.74) is 6.88. The number of nitrogens with zero attached hydrogens (tertiary/aromatic N) is 2. The maximum absolute atomic E-state index is 13.5. The molecule has 2 aliphatic heterocycles. The predicted octanol–water partition coefficient (Wildman–Crippen LogP) is 5.97. The summed E-state index contributed by atoms with van der Waals surface area (Å²) >= 11 is 11.2. The number of aliphatic imine (C=N–C) groups is 1. The zero-order valence-corrected chi connectivity index (χ0v) is 27.7. The van der Waals surface area contributed by atoms with Crippen LogP contribution in [-0.2, 0) is 30.0 Å². The molecule has 13 heteroatoms. The monoisotopic (exact) mass is 731 g/mol. The number of nitrogens with one attached hydrogen (secondary N) is 3. The van der Waals surface area contributed by atoms with Gasteiger partial charge in [-0.05, 0) is 74.5 Å². The summed E-state index contributed by atoms with van der Waals surface area (Å²) < 4.78 is 26.6. The summed E-state index contributed by atoms with van der Waals surface area (Å²) in [4.78, 5) is 30.6. The third-order valence-electron chi connectivity index (χ3n) is 6.78. The molecule has 0 bridgehead atoms. The Morgan fingerprint density at radius 2 is 1.53 bits per heavy atom. The Kier molecular flexibility index (Phi) is 17.3. The number of amides is 2. The van der Waals surface area contributed by atoms with Gasteiger partial charge in [-0.2, -0.15) is 0 Å². The number of rotatable bonds is 6. The summed E-state index contributed by atoms with van der Waals surface area (Å²) in [6, 6.07) is 8.50. The van der Waals surface area contributed by atoms with E-state index in [0.29, 0.717) is 42.9 Å². The molecule has 242 valence electrons. The van der Waals surface area contributed by atoms with Crippen molar-refractivity contribution in [1.29, 1.82) is 0 Å². The van der Waals surface area contributed by atoms with Crippen LogP contribution in [0.25, 0.3) is 0 Å². The molecular formula is C30H41Cl2F2N6O2Pd-. The second-order valence-corrected chi connectivity index (χ2v) is 11.5. The number of guanidine groups is 1. The number of anilines is 2. The molecule has 4 rings (SSSR count). The number of carbonyl (C=O) groups excluding carboxylic acids is 2. The molecule has 2 aliphatic rings. The molecular weight excluding hydrogens is 692 g/mol. The van der Waals surface area contributed by atoms with E-state index in [1.54, 1.807) is 12.1 Å². The van der Waals surface area contributed by atoms with E-state index in [1.165, 1.54) is 24.3 Å². The molecule has 0 spiro atoms. The number of halogens is 4. The molecule has 2 fully saturated rings. The van der Waals surface area contributed by atoms with Crippen LogP contribution in [0.15, 0.2) is 41.4 Å². The Bertz CT molecular complexity index is 1230. The van der Waals surface area contributed by atoms with Crippen molar-refractivity contribution >= 4 is 52.4 Å². The van der Waals surface area contributed by atoms with Crippen molar-refractivity contribution in [2.24, 2.45) is 28.5 Å². The molecule has 0 saturated carbocycles. The molecule has 2 aromatic rings. The minimum absolute atomic E-state index is 0. The quantitative estimate of drug-likeness (QED) is 0.127. The van der Waals surface area contributed by atoms with Crippen LogP contribution >= 0.6 is 23.2 Å². The third-order valence-corrected chi connectivity index (χ3v) is 7.39. The second kappa shape index (κ2) is 19.2. The zero-order chi connectivity index (χ0) is 29.9. The maximum Gasteiger partial charge on any atom is 0.229 e. The Morgan fingerprint density at radius 1 is 1.00 bits per heavy atom. The molecule has 2 heterocycles. The van der Waals surface area contributed by atoms with E-state index >= 15 is 0 Å². The van der Waals surface area contributed by atoms with Gasteiger partial charge in [-0.15, -0.1) is 0 Å². The van der Waals surface area contributed by atoms with Gasteiger partial charge in [-0.3, -0.25) is 14.6 Å². The fraction of sp³-hybridized carbons (Fsp3) is 0.467. The van der Waals surface area contributed by atoms with Gasteiger partial charge in [0, 0.05) is 58.0 Å². The minimum atomic E-state index is -0.551. The van der Waals surface area contributed by atoms with Gasteiger partial charge in [0.2, 0.25) is 11.8 Å². The molecule has 2 aromatic carbocycles. The van der Waals surface area contributed by atoms with Crippen LogP contribution in [0.4, 0.5) is 20.2 Å². The number of hydrogen-bond donors (Lipinski definition) is 4. The Morgan fingerprint density at radius 3 is 2.02 bits per heavy atom. The molecule has 0 aliphatic carbocycles. The van der Waals surface area contributed by atoms with Gasteiger partial charge in [0.15, 0.2) is 5.96 Å². The Balaban J connectivity index is 0.000000432. The number of nitrogens with two attached hydrogens (primary N) is 1. The van der Waals surface area contributed by atoms with E-state index in [1.807, 2.05) is 4.90 Å². The maximum atomic E-state index is 13.5. The van der Waals surface area contributed by atoms with Crippen LogP contribution in [-0.4, -0.2) is 55.4 Å². The van der Waals surface area contributed by atoms with Gasteiger partial charge < -0.3 is 34.0 Å². The van der Waals surface area contributed by atoms with Gasteiger partial charge in [-0.1, -0.05) is 37.0 Å². The van der Waals surface area contributed by atoms with Gasteiger partial charge in [0.1, 0.15) is 11.6 Å². The van der Waals surface area contributed by atoms with Crippen LogP contribution in [0, 0.1) is 36.8 Å². The summed E-state index contributed by atoms with van der Waals surface area (Å²) in [5, 5.41) is 8.70. The van der Waals surface area contributed by atoms with E-state index < -0.39 is 11.6 Å². The number of likely N-dealkylation sites (tertiary alicyclic amines) is 1. The van der Waals surface area contributed by atoms with Crippen molar-refractivity contribution in [2.75, 3.05) is 43.4 Å². The number of carbonyl (C=O) groups is 2. The average molecular weight is 733 g/mol. The first-order valence-electron chi connectivity index (χ1n) is 13.8. The molecule has 0 radical (unpaired) electrons. The fourth-order valence-corrected chi connectivity index (χ4v) is 4.72. The van der Waals surface area contributed by atoms with E-state index in [2.05, 4.69) is 34.8 Å². The minimum Gasteiger partial charge on any atom is -0.370 e. The molecule has 43 heavy (non-hydrogen) atoms. The average Bonchev–Trinajstić information content (AvgIpc) is 2.96. The van der Waals surface area contributed by atoms with Crippen molar-refractivity contribution in [1.82, 2.24) is 10.2 Å². The Hall–Kier alpha value is -2.29. The topological polar surface area (TPSA) is 112 Å². The van der Waals surface area contributed by atoms with Crippen LogP contribution in [0.2, 0.25) is 10.0 Å². The van der Waals surface area contributed by atoms with Crippen LogP contribution < -0.4 is 21.7 Å². The van der Waals surface area contributed by atoms with Gasteiger partial charge in [0.25, 0.3) is 0 Å². The largest absolute Gasteiger partial charge is 0.370 e. The first kappa shape index (κ1) is 38.7. The molecule has 2 atom stereocenters. The summed E-state index contributed by atoms with van der Waals surface area (Å²) in [6.07, 6.45) is 3.50. The van der Waals surface area contributed by atoms with Gasteiger partial charge >= 0.3 is 0 Å². The van der Waals surface area contributed by atoms with Crippen LogP contribution in [0.5, 0.6) is 0 Å². The first-order chi connectivity index (χ1) is 19.5. The smallest absolute Gasteiger partial charge is 0.229 e. The number of benzene rings is 2. The molecule has 8 nitrogen and oxygen atoms in total. The molecule has 0 aromatic heterocycles. The predicted molar refractivity (Wildman–Crippen MR) is 168 cm³/mol. The van der Waals surface area contributed by atoms with E-state index in [9.17, 15) is 18.4 Å². The van der Waals surface area contributed by atoms with E-state index in [0.717, 1.165) is 38.8 Å². The fourth-order valence-electron chi connectivity index (χ4n) is 4.49. The van der Waals surface area contributed by atoms with Crippen molar-refractivity contribution in [2.45, 2.75) is 39.5 Å². The van der Waals surface area contributed by atoms with Crippen LogP contribution in [0.3, 0.4) is 0 Å². The SMILES string of the molecule is CC(C)CN=C(N)N1CCC[C@H](C(=O)Nc2ccc(Cl)c(F)c2)C1.O=C(Nc1ccc(Cl)c(F)c1)[C@H]1CCCNC1.[CH3-].[Pd]. The third kappa shape index (κ3) is 12.7.